The number of methoxy groups -OCH3 is 1. The summed E-state index contributed by atoms with van der Waals surface area (Å²) < 4.78 is 6.84. The zero-order chi connectivity index (χ0) is 12.6. The molecule has 0 saturated carbocycles. The summed E-state index contributed by atoms with van der Waals surface area (Å²) in [6, 6.07) is 5.64. The molecule has 1 aromatic heterocycles. The van der Waals surface area contributed by atoms with Crippen LogP contribution in [0.15, 0.2) is 18.2 Å². The summed E-state index contributed by atoms with van der Waals surface area (Å²) in [5.74, 6) is 1.24. The van der Waals surface area contributed by atoms with Crippen LogP contribution in [0.1, 0.15) is 5.56 Å². The number of halogens is 1. The minimum absolute atomic E-state index is 0.552. The van der Waals surface area contributed by atoms with Gasteiger partial charge >= 0.3 is 0 Å². The number of nitrogen functional groups attached to an aromatic ring is 1. The molecule has 0 bridgehead atoms. The summed E-state index contributed by atoms with van der Waals surface area (Å²) in [5.41, 5.74) is 8.40. The van der Waals surface area contributed by atoms with Crippen LogP contribution >= 0.6 is 11.6 Å². The lowest BCUT2D eigenvalue weighted by molar-refractivity contribution is 0.415. The number of hydrogen-bond donors (Lipinski definition) is 1. The van der Waals surface area contributed by atoms with E-state index in [2.05, 4.69) is 5.10 Å². The normalized spacial score (nSPS) is 10.6. The van der Waals surface area contributed by atoms with Crippen molar-refractivity contribution in [3.05, 3.63) is 28.8 Å². The molecule has 0 amide bonds. The van der Waals surface area contributed by atoms with Crippen molar-refractivity contribution in [2.75, 3.05) is 12.8 Å². The van der Waals surface area contributed by atoms with Crippen LogP contribution in [-0.2, 0) is 7.05 Å². The van der Waals surface area contributed by atoms with E-state index < -0.39 is 0 Å². The molecule has 0 aliphatic heterocycles. The van der Waals surface area contributed by atoms with Crippen LogP contribution in [0.4, 0.5) is 5.82 Å². The average molecular weight is 252 g/mol. The first-order valence-corrected chi connectivity index (χ1v) is 5.54. The van der Waals surface area contributed by atoms with Gasteiger partial charge in [0.1, 0.15) is 11.6 Å². The van der Waals surface area contributed by atoms with Gasteiger partial charge in [0, 0.05) is 18.7 Å². The Morgan fingerprint density at radius 2 is 2.06 bits per heavy atom. The van der Waals surface area contributed by atoms with E-state index in [4.69, 9.17) is 22.1 Å². The highest BCUT2D eigenvalue weighted by Gasteiger charge is 2.13. The summed E-state index contributed by atoms with van der Waals surface area (Å²) in [6.45, 7) is 1.98. The Hall–Kier alpha value is -1.68. The number of rotatable bonds is 2. The van der Waals surface area contributed by atoms with Crippen LogP contribution in [0, 0.1) is 6.92 Å². The molecule has 2 N–H and O–H groups in total. The van der Waals surface area contributed by atoms with Gasteiger partial charge in [0.25, 0.3) is 0 Å². The van der Waals surface area contributed by atoms with Crippen LogP contribution in [0.3, 0.4) is 0 Å². The Balaban J connectivity index is 2.62. The van der Waals surface area contributed by atoms with E-state index in [1.807, 2.05) is 19.1 Å². The fourth-order valence-electron chi connectivity index (χ4n) is 1.68. The SMILES string of the molecule is COc1cc(C)cc(-c2cc(N)n(C)n2)c1Cl. The molecule has 0 atom stereocenters. The van der Waals surface area contributed by atoms with Gasteiger partial charge in [0.2, 0.25) is 0 Å². The van der Waals surface area contributed by atoms with Gasteiger partial charge in [-0.05, 0) is 24.6 Å². The fourth-order valence-corrected chi connectivity index (χ4v) is 1.97. The molecule has 1 aromatic carbocycles. The van der Waals surface area contributed by atoms with Crippen molar-refractivity contribution < 1.29 is 4.74 Å². The number of benzene rings is 1. The molecule has 0 unspecified atom stereocenters. The van der Waals surface area contributed by atoms with Crippen molar-refractivity contribution in [3.63, 3.8) is 0 Å². The van der Waals surface area contributed by atoms with E-state index in [0.717, 1.165) is 16.8 Å². The van der Waals surface area contributed by atoms with Gasteiger partial charge in [-0.25, -0.2) is 0 Å². The second-order valence-electron chi connectivity index (χ2n) is 3.91. The Morgan fingerprint density at radius 3 is 2.59 bits per heavy atom. The van der Waals surface area contributed by atoms with E-state index in [0.29, 0.717) is 16.6 Å². The standard InChI is InChI=1S/C12H14ClN3O/c1-7-4-8(12(13)10(5-7)17-3)9-6-11(14)16(2)15-9/h4-6H,14H2,1-3H3. The van der Waals surface area contributed by atoms with Crippen LogP contribution in [0.5, 0.6) is 5.75 Å². The fraction of sp³-hybridized carbons (Fsp3) is 0.250. The Bertz CT molecular complexity index is 544. The highest BCUT2D eigenvalue weighted by atomic mass is 35.5. The van der Waals surface area contributed by atoms with Crippen molar-refractivity contribution in [3.8, 4) is 17.0 Å². The predicted octanol–water partition coefficient (Wildman–Crippen LogP) is 2.64. The summed E-state index contributed by atoms with van der Waals surface area (Å²) in [6.07, 6.45) is 0. The third kappa shape index (κ3) is 2.08. The Morgan fingerprint density at radius 1 is 1.35 bits per heavy atom. The highest BCUT2D eigenvalue weighted by molar-refractivity contribution is 6.34. The second-order valence-corrected chi connectivity index (χ2v) is 4.28. The molecule has 0 spiro atoms. The second kappa shape index (κ2) is 4.30. The van der Waals surface area contributed by atoms with Gasteiger partial charge in [-0.2, -0.15) is 5.10 Å². The van der Waals surface area contributed by atoms with Gasteiger partial charge in [-0.15, -0.1) is 0 Å². The number of nitrogens with two attached hydrogens (primary N) is 1. The third-order valence-corrected chi connectivity index (χ3v) is 2.99. The molecule has 0 fully saturated rings. The maximum absolute atomic E-state index is 6.26. The molecule has 0 aliphatic carbocycles. The van der Waals surface area contributed by atoms with Crippen LogP contribution in [0.2, 0.25) is 5.02 Å². The number of nitrogens with zero attached hydrogens (tertiary/aromatic N) is 2. The van der Waals surface area contributed by atoms with E-state index in [1.165, 1.54) is 0 Å². The van der Waals surface area contributed by atoms with E-state index in [9.17, 15) is 0 Å². The Kier molecular flexibility index (Phi) is 2.98. The van der Waals surface area contributed by atoms with Crippen molar-refractivity contribution >= 4 is 17.4 Å². The maximum atomic E-state index is 6.26. The molecular formula is C12H14ClN3O. The number of ether oxygens (including phenoxy) is 1. The number of anilines is 1. The van der Waals surface area contributed by atoms with Gasteiger partial charge < -0.3 is 10.5 Å². The molecular weight excluding hydrogens is 238 g/mol. The van der Waals surface area contributed by atoms with Crippen LogP contribution < -0.4 is 10.5 Å². The van der Waals surface area contributed by atoms with Crippen molar-refractivity contribution in [1.29, 1.82) is 0 Å². The zero-order valence-corrected chi connectivity index (χ0v) is 10.7. The average Bonchev–Trinajstić information content (AvgIpc) is 2.62. The molecule has 0 saturated heterocycles. The minimum atomic E-state index is 0.552. The van der Waals surface area contributed by atoms with Crippen molar-refractivity contribution in [2.45, 2.75) is 6.92 Å². The molecule has 17 heavy (non-hydrogen) atoms. The zero-order valence-electron chi connectivity index (χ0n) is 9.99. The first-order chi connectivity index (χ1) is 8.02. The van der Waals surface area contributed by atoms with Gasteiger partial charge in [-0.1, -0.05) is 11.6 Å². The van der Waals surface area contributed by atoms with E-state index in [1.54, 1.807) is 24.9 Å². The molecule has 2 aromatic rings. The van der Waals surface area contributed by atoms with Gasteiger partial charge in [0.05, 0.1) is 17.8 Å². The molecule has 5 heteroatoms. The molecule has 2 rings (SSSR count). The van der Waals surface area contributed by atoms with Crippen LogP contribution in [0.25, 0.3) is 11.3 Å². The summed E-state index contributed by atoms with van der Waals surface area (Å²) in [4.78, 5) is 0. The van der Waals surface area contributed by atoms with Gasteiger partial charge in [0.15, 0.2) is 0 Å². The first kappa shape index (κ1) is 11.8. The predicted molar refractivity (Wildman–Crippen MR) is 69.4 cm³/mol. The highest BCUT2D eigenvalue weighted by Crippen LogP contribution is 2.36. The van der Waals surface area contributed by atoms with Crippen molar-refractivity contribution in [2.24, 2.45) is 7.05 Å². The monoisotopic (exact) mass is 251 g/mol. The maximum Gasteiger partial charge on any atom is 0.138 e. The lowest BCUT2D eigenvalue weighted by Crippen LogP contribution is -1.96. The number of aryl methyl sites for hydroxylation is 2. The summed E-state index contributed by atoms with van der Waals surface area (Å²) in [5, 5.41) is 4.86. The summed E-state index contributed by atoms with van der Waals surface area (Å²) >= 11 is 6.26. The number of aromatic nitrogens is 2. The van der Waals surface area contributed by atoms with Crippen molar-refractivity contribution in [1.82, 2.24) is 9.78 Å². The topological polar surface area (TPSA) is 53.1 Å². The molecule has 1 heterocycles. The molecule has 0 radical (unpaired) electrons. The molecule has 0 aliphatic rings. The molecule has 4 nitrogen and oxygen atoms in total. The first-order valence-electron chi connectivity index (χ1n) is 5.17. The molecule has 90 valence electrons. The largest absolute Gasteiger partial charge is 0.495 e. The number of hydrogen-bond acceptors (Lipinski definition) is 3. The van der Waals surface area contributed by atoms with E-state index >= 15 is 0 Å². The quantitative estimate of drug-likeness (QED) is 0.893. The lowest BCUT2D eigenvalue weighted by Gasteiger charge is -2.08. The van der Waals surface area contributed by atoms with Gasteiger partial charge in [-0.3, -0.25) is 4.68 Å². The Labute approximate surface area is 105 Å². The van der Waals surface area contributed by atoms with E-state index in [-0.39, 0.29) is 0 Å². The van der Waals surface area contributed by atoms with Crippen LogP contribution in [-0.4, -0.2) is 16.9 Å². The summed E-state index contributed by atoms with van der Waals surface area (Å²) in [7, 11) is 3.39. The smallest absolute Gasteiger partial charge is 0.138 e. The lowest BCUT2D eigenvalue weighted by atomic mass is 10.1. The third-order valence-electron chi connectivity index (χ3n) is 2.60. The minimum Gasteiger partial charge on any atom is -0.495 e.